The molecule has 0 bridgehead atoms. The second kappa shape index (κ2) is 9.77. The van der Waals surface area contributed by atoms with E-state index in [2.05, 4.69) is 5.32 Å². The van der Waals surface area contributed by atoms with Gasteiger partial charge in [0.15, 0.2) is 0 Å². The van der Waals surface area contributed by atoms with Crippen LogP contribution in [0.2, 0.25) is 5.02 Å². The molecule has 2 aromatic rings. The van der Waals surface area contributed by atoms with Crippen molar-refractivity contribution >= 4 is 35.2 Å². The van der Waals surface area contributed by atoms with Gasteiger partial charge in [0.1, 0.15) is 11.9 Å². The first-order valence-corrected chi connectivity index (χ1v) is 11.4. The maximum absolute atomic E-state index is 14.2. The Morgan fingerprint density at radius 2 is 1.86 bits per heavy atom. The molecule has 1 aliphatic carbocycles. The zero-order valence-electron chi connectivity index (χ0n) is 18.5. The lowest BCUT2D eigenvalue weighted by molar-refractivity contribution is -0.133. The van der Waals surface area contributed by atoms with Gasteiger partial charge in [-0.2, -0.15) is 0 Å². The van der Waals surface area contributed by atoms with Gasteiger partial charge in [-0.15, -0.1) is 0 Å². The smallest absolute Gasteiger partial charge is 0.407 e. The molecule has 2 aromatic carbocycles. The Morgan fingerprint density at radius 3 is 2.46 bits per heavy atom. The lowest BCUT2D eigenvalue weighted by Gasteiger charge is -2.38. The Hall–Kier alpha value is -3.27. The third-order valence-corrected chi connectivity index (χ3v) is 6.62. The molecule has 2 fully saturated rings. The van der Waals surface area contributed by atoms with Crippen molar-refractivity contribution in [2.45, 2.75) is 37.3 Å². The van der Waals surface area contributed by atoms with Crippen LogP contribution in [0.5, 0.6) is 0 Å². The average molecular weight is 510 g/mol. The molecule has 1 aliphatic heterocycles. The second-order valence-electron chi connectivity index (χ2n) is 8.80. The van der Waals surface area contributed by atoms with E-state index in [0.29, 0.717) is 0 Å². The third-order valence-electron chi connectivity index (χ3n) is 6.27. The summed E-state index contributed by atoms with van der Waals surface area (Å²) in [6.07, 6.45) is -2.03. The zero-order chi connectivity index (χ0) is 25.3. The number of alkyl halides is 2. The van der Waals surface area contributed by atoms with Crippen molar-refractivity contribution in [3.8, 4) is 0 Å². The molecule has 0 aromatic heterocycles. The highest BCUT2D eigenvalue weighted by Gasteiger charge is 2.47. The van der Waals surface area contributed by atoms with Crippen LogP contribution in [0.25, 0.3) is 0 Å². The normalized spacial score (nSPS) is 20.1. The van der Waals surface area contributed by atoms with E-state index >= 15 is 0 Å². The summed E-state index contributed by atoms with van der Waals surface area (Å²) in [5.41, 5.74) is 0.284. The lowest BCUT2D eigenvalue weighted by Crippen LogP contribution is -2.54. The molecule has 1 heterocycles. The maximum Gasteiger partial charge on any atom is 0.407 e. The van der Waals surface area contributed by atoms with E-state index < -0.39 is 60.5 Å². The van der Waals surface area contributed by atoms with E-state index in [1.54, 1.807) is 12.1 Å². The largest absolute Gasteiger partial charge is 0.465 e. The van der Waals surface area contributed by atoms with Gasteiger partial charge in [-0.1, -0.05) is 35.9 Å². The molecule has 1 saturated carbocycles. The number of benzene rings is 2. The van der Waals surface area contributed by atoms with Crippen LogP contribution in [0.3, 0.4) is 0 Å². The van der Waals surface area contributed by atoms with Gasteiger partial charge in [-0.3, -0.25) is 14.5 Å². The molecule has 2 unspecified atom stereocenters. The predicted octanol–water partition coefficient (Wildman–Crippen LogP) is 4.47. The fourth-order valence-electron chi connectivity index (χ4n) is 4.50. The molecule has 0 radical (unpaired) electrons. The first kappa shape index (κ1) is 24.8. The Balaban J connectivity index is 1.75. The van der Waals surface area contributed by atoms with Crippen LogP contribution in [-0.4, -0.2) is 53.0 Å². The van der Waals surface area contributed by atoms with Crippen LogP contribution in [0.4, 0.5) is 23.7 Å². The van der Waals surface area contributed by atoms with Crippen molar-refractivity contribution < 1.29 is 32.7 Å². The number of rotatable bonds is 6. The number of anilines is 1. The van der Waals surface area contributed by atoms with Crippen LogP contribution in [0.1, 0.15) is 30.9 Å². The number of carbonyl (C=O) groups excluding carboxylic acids is 2. The second-order valence-corrected chi connectivity index (χ2v) is 9.20. The molecule has 2 aliphatic rings. The third kappa shape index (κ3) is 5.37. The molecule has 1 saturated heterocycles. The van der Waals surface area contributed by atoms with Crippen LogP contribution >= 0.6 is 11.6 Å². The van der Waals surface area contributed by atoms with Gasteiger partial charge >= 0.3 is 6.09 Å². The van der Waals surface area contributed by atoms with E-state index in [1.165, 1.54) is 30.3 Å². The van der Waals surface area contributed by atoms with Crippen molar-refractivity contribution in [2.24, 2.45) is 5.92 Å². The van der Waals surface area contributed by atoms with Crippen molar-refractivity contribution in [1.29, 1.82) is 0 Å². The summed E-state index contributed by atoms with van der Waals surface area (Å²) in [4.78, 5) is 40.8. The Kier molecular flexibility index (Phi) is 6.93. The number of amides is 3. The highest BCUT2D eigenvalue weighted by Crippen LogP contribution is 2.39. The molecule has 11 heteroatoms. The number of hydrogen-bond acceptors (Lipinski definition) is 3. The van der Waals surface area contributed by atoms with Crippen molar-refractivity contribution in [3.63, 3.8) is 0 Å². The monoisotopic (exact) mass is 509 g/mol. The van der Waals surface area contributed by atoms with Gasteiger partial charge in [0.2, 0.25) is 11.8 Å². The Morgan fingerprint density at radius 1 is 1.14 bits per heavy atom. The van der Waals surface area contributed by atoms with Crippen LogP contribution in [-0.2, 0) is 9.59 Å². The number of carboxylic acid groups (broad SMARTS) is 1. The molecular weight excluding hydrogens is 487 g/mol. The van der Waals surface area contributed by atoms with Gasteiger partial charge < -0.3 is 15.3 Å². The summed E-state index contributed by atoms with van der Waals surface area (Å²) in [7, 11) is 0. The van der Waals surface area contributed by atoms with Gasteiger partial charge in [0, 0.05) is 48.2 Å². The predicted molar refractivity (Wildman–Crippen MR) is 122 cm³/mol. The van der Waals surface area contributed by atoms with E-state index in [9.17, 15) is 32.7 Å². The summed E-state index contributed by atoms with van der Waals surface area (Å²) >= 11 is 6.39. The number of nitrogens with one attached hydrogen (secondary N) is 1. The van der Waals surface area contributed by atoms with E-state index in [-0.39, 0.29) is 35.8 Å². The van der Waals surface area contributed by atoms with Crippen LogP contribution in [0.15, 0.2) is 48.5 Å². The molecule has 0 spiro atoms. The van der Waals surface area contributed by atoms with Crippen molar-refractivity contribution in [3.05, 3.63) is 64.9 Å². The minimum atomic E-state index is -2.87. The Labute approximate surface area is 204 Å². The Bertz CT molecular complexity index is 1140. The number of carbonyl (C=O) groups is 3. The molecule has 2 N–H and O–H groups in total. The fraction of sp³-hybridized carbons (Fsp3) is 0.375. The van der Waals surface area contributed by atoms with Crippen molar-refractivity contribution in [2.75, 3.05) is 18.0 Å². The summed E-state index contributed by atoms with van der Waals surface area (Å²) in [5.74, 6) is -5.67. The average Bonchev–Trinajstić information content (AvgIpc) is 3.27. The van der Waals surface area contributed by atoms with Crippen LogP contribution in [0, 0.1) is 11.7 Å². The van der Waals surface area contributed by atoms with E-state index in [1.807, 2.05) is 0 Å². The number of halogens is 4. The van der Waals surface area contributed by atoms with Gasteiger partial charge in [0.05, 0.1) is 5.92 Å². The lowest BCUT2D eigenvalue weighted by atomic mass is 9.87. The number of likely N-dealkylation sites (tertiary alicyclic amines) is 1. The summed E-state index contributed by atoms with van der Waals surface area (Å²) in [6.45, 7) is 0.0362. The van der Waals surface area contributed by atoms with Gasteiger partial charge in [-0.05, 0) is 30.7 Å². The minimum Gasteiger partial charge on any atom is -0.465 e. The highest BCUT2D eigenvalue weighted by molar-refractivity contribution is 6.31. The van der Waals surface area contributed by atoms with Crippen LogP contribution < -0.4 is 10.2 Å². The maximum atomic E-state index is 14.2. The fourth-order valence-corrected chi connectivity index (χ4v) is 4.74. The van der Waals surface area contributed by atoms with E-state index in [4.69, 9.17) is 11.6 Å². The summed E-state index contributed by atoms with van der Waals surface area (Å²) < 4.78 is 41.0. The van der Waals surface area contributed by atoms with Gasteiger partial charge in [-0.25, -0.2) is 18.0 Å². The molecule has 7 nitrogen and oxygen atoms in total. The molecular formula is C24H23ClF3N3O4. The molecule has 2 atom stereocenters. The minimum absolute atomic E-state index is 0.0581. The first-order valence-electron chi connectivity index (χ1n) is 11.0. The van der Waals surface area contributed by atoms with Gasteiger partial charge in [0.25, 0.3) is 5.92 Å². The first-order chi connectivity index (χ1) is 16.6. The summed E-state index contributed by atoms with van der Waals surface area (Å²) in [6, 6.07) is 9.16. The quantitative estimate of drug-likeness (QED) is 0.601. The zero-order valence-corrected chi connectivity index (χ0v) is 19.2. The van der Waals surface area contributed by atoms with Crippen molar-refractivity contribution in [1.82, 2.24) is 10.2 Å². The standard InChI is InChI=1S/C24H23ClF3N3O4/c25-19-7-2-1-6-18(19)20(21(32)29-16-11-24(27,28)12-16)31(17-5-3-4-15(26)10-17)22(33)14-8-9-30(13-14)23(34)35/h1-7,10,14,16,20H,8-9,11-13H2,(H,29,32)(H,34,35). The molecule has 3 amide bonds. The highest BCUT2D eigenvalue weighted by atomic mass is 35.5. The number of hydrogen-bond donors (Lipinski definition) is 2. The summed E-state index contributed by atoms with van der Waals surface area (Å²) in [5, 5.41) is 12.0. The molecule has 186 valence electrons. The SMILES string of the molecule is O=C(NC1CC(F)(F)C1)C(c1ccccc1Cl)N(C(=O)C1CCN(C(=O)O)C1)c1cccc(F)c1. The number of nitrogens with zero attached hydrogens (tertiary/aromatic N) is 2. The molecule has 35 heavy (non-hydrogen) atoms. The topological polar surface area (TPSA) is 90.0 Å². The molecule has 4 rings (SSSR count). The van der Waals surface area contributed by atoms with E-state index in [0.717, 1.165) is 15.9 Å².